The molecule has 6 nitrogen and oxygen atoms in total. The summed E-state index contributed by atoms with van der Waals surface area (Å²) in [7, 11) is 1.67. The first-order valence-electron chi connectivity index (χ1n) is 9.17. The van der Waals surface area contributed by atoms with Gasteiger partial charge in [-0.3, -0.25) is 0 Å². The summed E-state index contributed by atoms with van der Waals surface area (Å²) in [6.45, 7) is 4.48. The summed E-state index contributed by atoms with van der Waals surface area (Å²) in [4.78, 5) is 14.3. The molecule has 0 unspecified atom stereocenters. The molecule has 3 rings (SSSR count). The zero-order valence-electron chi connectivity index (χ0n) is 15.8. The van der Waals surface area contributed by atoms with Crippen molar-refractivity contribution in [2.45, 2.75) is 26.2 Å². The third-order valence-electron chi connectivity index (χ3n) is 4.41. The zero-order chi connectivity index (χ0) is 19.1. The van der Waals surface area contributed by atoms with E-state index < -0.39 is 0 Å². The highest BCUT2D eigenvalue weighted by Crippen LogP contribution is 2.31. The van der Waals surface area contributed by atoms with Gasteiger partial charge in [0.1, 0.15) is 6.61 Å². The van der Waals surface area contributed by atoms with Gasteiger partial charge in [-0.05, 0) is 30.2 Å². The molecule has 2 amide bonds. The number of nitrogens with one attached hydrogen (secondary N) is 1. The van der Waals surface area contributed by atoms with Gasteiger partial charge in [0.05, 0.1) is 13.2 Å². The number of likely N-dealkylation sites (N-methyl/N-ethyl adjacent to an activating group) is 1. The number of nitrogens with zero attached hydrogens (tertiary/aromatic N) is 1. The van der Waals surface area contributed by atoms with Gasteiger partial charge < -0.3 is 24.4 Å². The van der Waals surface area contributed by atoms with Crippen LogP contribution in [0.15, 0.2) is 48.5 Å². The van der Waals surface area contributed by atoms with Gasteiger partial charge in [-0.2, -0.15) is 0 Å². The Labute approximate surface area is 160 Å². The second-order valence-corrected chi connectivity index (χ2v) is 6.45. The van der Waals surface area contributed by atoms with E-state index in [2.05, 4.69) is 5.32 Å². The van der Waals surface area contributed by atoms with Crippen LogP contribution in [0.2, 0.25) is 0 Å². The van der Waals surface area contributed by atoms with E-state index in [1.165, 1.54) is 0 Å². The van der Waals surface area contributed by atoms with E-state index in [-0.39, 0.29) is 12.1 Å². The normalized spacial score (nSPS) is 15.3. The van der Waals surface area contributed by atoms with Crippen molar-refractivity contribution in [3.05, 3.63) is 59.7 Å². The number of ether oxygens (including phenoxy) is 3. The fraction of sp³-hybridized carbons (Fsp3) is 0.381. The van der Waals surface area contributed by atoms with Crippen molar-refractivity contribution in [3.8, 4) is 11.5 Å². The summed E-state index contributed by atoms with van der Waals surface area (Å²) in [6.07, 6.45) is -0.185. The summed E-state index contributed by atoms with van der Waals surface area (Å²) in [6, 6.07) is 15.5. The number of amides is 2. The van der Waals surface area contributed by atoms with Crippen LogP contribution in [0.25, 0.3) is 0 Å². The Morgan fingerprint density at radius 3 is 2.74 bits per heavy atom. The summed E-state index contributed by atoms with van der Waals surface area (Å²) in [5.41, 5.74) is 2.13. The van der Waals surface area contributed by atoms with Crippen molar-refractivity contribution in [3.63, 3.8) is 0 Å². The smallest absolute Gasteiger partial charge is 0.317 e. The first kappa shape index (κ1) is 19.0. The zero-order valence-corrected chi connectivity index (χ0v) is 15.8. The Kier molecular flexibility index (Phi) is 6.54. The lowest BCUT2D eigenvalue weighted by Crippen LogP contribution is -2.47. The molecule has 2 aromatic carbocycles. The van der Waals surface area contributed by atoms with Gasteiger partial charge in [0.25, 0.3) is 0 Å². The number of methoxy groups -OCH3 is 1. The van der Waals surface area contributed by atoms with Crippen LogP contribution in [0.1, 0.15) is 18.1 Å². The highest BCUT2D eigenvalue weighted by Gasteiger charge is 2.24. The molecule has 1 aliphatic heterocycles. The molecule has 0 aliphatic carbocycles. The molecule has 0 spiro atoms. The van der Waals surface area contributed by atoms with Crippen LogP contribution in [0.4, 0.5) is 4.79 Å². The minimum atomic E-state index is -0.185. The molecule has 0 radical (unpaired) electrons. The molecular formula is C21H26N2O4. The lowest BCUT2D eigenvalue weighted by Gasteiger charge is -2.31. The monoisotopic (exact) mass is 370 g/mol. The SMILES string of the molecule is CCN(C[C@@H]1COc2ccccc2O1)C(=O)NCc1cccc(COC)c1. The number of hydrogen-bond donors (Lipinski definition) is 1. The molecule has 0 saturated carbocycles. The fourth-order valence-corrected chi connectivity index (χ4v) is 3.04. The van der Waals surface area contributed by atoms with Gasteiger partial charge in [0, 0.05) is 20.2 Å². The topological polar surface area (TPSA) is 60.0 Å². The number of rotatable bonds is 7. The standard InChI is InChI=1S/C21H26N2O4/c1-3-23(13-18-15-26-19-9-4-5-10-20(19)27-18)21(24)22-12-16-7-6-8-17(11-16)14-25-2/h4-11,18H,3,12-15H2,1-2H3,(H,22,24)/t18-/m1/s1. The van der Waals surface area contributed by atoms with E-state index in [0.29, 0.717) is 32.8 Å². The molecule has 1 heterocycles. The molecule has 0 fully saturated rings. The van der Waals surface area contributed by atoms with E-state index in [9.17, 15) is 4.79 Å². The Hall–Kier alpha value is -2.73. The molecule has 0 aromatic heterocycles. The fourth-order valence-electron chi connectivity index (χ4n) is 3.04. The van der Waals surface area contributed by atoms with Crippen molar-refractivity contribution >= 4 is 6.03 Å². The summed E-state index contributed by atoms with van der Waals surface area (Å²) >= 11 is 0. The molecule has 1 N–H and O–H groups in total. The van der Waals surface area contributed by atoms with Crippen molar-refractivity contribution in [1.29, 1.82) is 0 Å². The minimum Gasteiger partial charge on any atom is -0.486 e. The average molecular weight is 370 g/mol. The number of benzene rings is 2. The molecule has 27 heavy (non-hydrogen) atoms. The van der Waals surface area contributed by atoms with Crippen LogP contribution < -0.4 is 14.8 Å². The molecular weight excluding hydrogens is 344 g/mol. The second kappa shape index (κ2) is 9.28. The highest BCUT2D eigenvalue weighted by atomic mass is 16.6. The van der Waals surface area contributed by atoms with Crippen molar-refractivity contribution < 1.29 is 19.0 Å². The van der Waals surface area contributed by atoms with Gasteiger partial charge in [-0.1, -0.05) is 36.4 Å². The Morgan fingerprint density at radius 1 is 1.19 bits per heavy atom. The molecule has 2 aromatic rings. The maximum atomic E-state index is 12.6. The first-order chi connectivity index (χ1) is 13.2. The predicted octanol–water partition coefficient (Wildman–Crippen LogP) is 3.20. The van der Waals surface area contributed by atoms with E-state index in [1.54, 1.807) is 12.0 Å². The number of para-hydroxylation sites is 2. The van der Waals surface area contributed by atoms with Crippen LogP contribution >= 0.6 is 0 Å². The number of carbonyl (C=O) groups is 1. The van der Waals surface area contributed by atoms with Gasteiger partial charge in [0.2, 0.25) is 0 Å². The number of carbonyl (C=O) groups excluding carboxylic acids is 1. The van der Waals surface area contributed by atoms with Gasteiger partial charge in [0.15, 0.2) is 17.6 Å². The van der Waals surface area contributed by atoms with Crippen molar-refractivity contribution in [2.75, 3.05) is 26.8 Å². The minimum absolute atomic E-state index is 0.114. The summed E-state index contributed by atoms with van der Waals surface area (Å²) < 4.78 is 16.8. The average Bonchev–Trinajstić information content (AvgIpc) is 2.70. The van der Waals surface area contributed by atoms with Gasteiger partial charge >= 0.3 is 6.03 Å². The van der Waals surface area contributed by atoms with Gasteiger partial charge in [-0.25, -0.2) is 4.79 Å². The lowest BCUT2D eigenvalue weighted by molar-refractivity contribution is 0.0675. The number of hydrogen-bond acceptors (Lipinski definition) is 4. The first-order valence-corrected chi connectivity index (χ1v) is 9.17. The van der Waals surface area contributed by atoms with Crippen LogP contribution in [-0.4, -0.2) is 43.8 Å². The third kappa shape index (κ3) is 5.14. The van der Waals surface area contributed by atoms with Crippen molar-refractivity contribution in [2.24, 2.45) is 0 Å². The van der Waals surface area contributed by atoms with Crippen LogP contribution in [-0.2, 0) is 17.9 Å². The predicted molar refractivity (Wildman–Crippen MR) is 103 cm³/mol. The van der Waals surface area contributed by atoms with E-state index in [1.807, 2.05) is 55.5 Å². The lowest BCUT2D eigenvalue weighted by atomic mass is 10.1. The molecule has 0 saturated heterocycles. The Bertz CT molecular complexity index is 765. The maximum absolute atomic E-state index is 12.6. The largest absolute Gasteiger partial charge is 0.486 e. The third-order valence-corrected chi connectivity index (χ3v) is 4.41. The van der Waals surface area contributed by atoms with Crippen LogP contribution in [0.3, 0.4) is 0 Å². The van der Waals surface area contributed by atoms with Crippen molar-refractivity contribution in [1.82, 2.24) is 10.2 Å². The quantitative estimate of drug-likeness (QED) is 0.813. The highest BCUT2D eigenvalue weighted by molar-refractivity contribution is 5.74. The molecule has 6 heteroatoms. The molecule has 1 atom stereocenters. The Morgan fingerprint density at radius 2 is 1.96 bits per heavy atom. The van der Waals surface area contributed by atoms with Crippen LogP contribution in [0.5, 0.6) is 11.5 Å². The molecule has 1 aliphatic rings. The van der Waals surface area contributed by atoms with Crippen LogP contribution in [0, 0.1) is 0 Å². The van der Waals surface area contributed by atoms with E-state index in [4.69, 9.17) is 14.2 Å². The van der Waals surface area contributed by atoms with E-state index >= 15 is 0 Å². The number of urea groups is 1. The molecule has 144 valence electrons. The van der Waals surface area contributed by atoms with Gasteiger partial charge in [-0.15, -0.1) is 0 Å². The molecule has 0 bridgehead atoms. The maximum Gasteiger partial charge on any atom is 0.317 e. The summed E-state index contributed by atoms with van der Waals surface area (Å²) in [5, 5.41) is 2.98. The van der Waals surface area contributed by atoms with E-state index in [0.717, 1.165) is 22.6 Å². The Balaban J connectivity index is 1.53. The second-order valence-electron chi connectivity index (χ2n) is 6.45. The summed E-state index contributed by atoms with van der Waals surface area (Å²) in [5.74, 6) is 1.47. The number of fused-ring (bicyclic) bond motifs is 1.